The summed E-state index contributed by atoms with van der Waals surface area (Å²) in [5.41, 5.74) is -2.34. The summed E-state index contributed by atoms with van der Waals surface area (Å²) in [4.78, 5) is 56.6. The smallest absolute Gasteiger partial charge is 0.416 e. The number of benzene rings is 2. The Morgan fingerprint density at radius 3 is 2.23 bits per heavy atom. The van der Waals surface area contributed by atoms with E-state index in [4.69, 9.17) is 21.1 Å². The third-order valence-electron chi connectivity index (χ3n) is 5.83. The van der Waals surface area contributed by atoms with Gasteiger partial charge in [-0.3, -0.25) is 20.2 Å². The molecule has 0 aliphatic rings. The minimum absolute atomic E-state index is 0.0449. The lowest BCUT2D eigenvalue weighted by Crippen LogP contribution is -2.35. The Morgan fingerprint density at radius 1 is 0.981 bits per heavy atom. The first-order valence-electron chi connectivity index (χ1n) is 13.7. The van der Waals surface area contributed by atoms with Gasteiger partial charge in [-0.05, 0) is 42.6 Å². The molecule has 0 atom stereocenters. The first-order valence-corrected chi connectivity index (χ1v) is 18.3. The zero-order valence-electron chi connectivity index (χ0n) is 27.0. The number of sulfonamides is 2. The van der Waals surface area contributed by atoms with Crippen LogP contribution >= 0.6 is 22.9 Å². The zero-order chi connectivity index (χ0) is 39.9. The van der Waals surface area contributed by atoms with E-state index in [1.54, 1.807) is 9.44 Å². The first kappa shape index (κ1) is 41.8. The number of carbonyl (C=O) groups excluding carboxylic acids is 3. The van der Waals surface area contributed by atoms with Crippen molar-refractivity contribution in [1.82, 2.24) is 24.4 Å². The predicted octanol–water partition coefficient (Wildman–Crippen LogP) is 4.30. The molecule has 0 unspecified atom stereocenters. The summed E-state index contributed by atoms with van der Waals surface area (Å²) in [7, 11) is -5.86. The van der Waals surface area contributed by atoms with E-state index in [0.29, 0.717) is 18.4 Å². The molecule has 3 N–H and O–H groups in total. The number of methoxy groups -OCH3 is 2. The van der Waals surface area contributed by atoms with E-state index in [-0.39, 0.29) is 39.1 Å². The maximum atomic E-state index is 12.7. The number of nitrogens with one attached hydrogen (secondary N) is 3. The van der Waals surface area contributed by atoms with E-state index in [1.807, 2.05) is 0 Å². The summed E-state index contributed by atoms with van der Waals surface area (Å²) in [5, 5.41) is 14.2. The number of amides is 3. The van der Waals surface area contributed by atoms with Crippen LogP contribution in [0.15, 0.2) is 52.7 Å². The SMILES string of the molecule is COC(=O)c1sccc1S(=O)(=O)NC(=O)Nc1nc(C)nc(OC)n1.CS(=O)(=O)NC(=O)c1cc(Oc2ccc(C(F)(F)F)cc2Cl)ccc1[N+](=O)[O-]. The molecule has 2 aromatic heterocycles. The van der Waals surface area contributed by atoms with Gasteiger partial charge >= 0.3 is 24.2 Å². The number of aryl methyl sites for hydroxylation is 1. The van der Waals surface area contributed by atoms with Crippen LogP contribution < -0.4 is 24.2 Å². The Morgan fingerprint density at radius 2 is 1.66 bits per heavy atom. The van der Waals surface area contributed by atoms with E-state index < -0.39 is 70.9 Å². The van der Waals surface area contributed by atoms with E-state index in [0.717, 1.165) is 42.7 Å². The fraction of sp³-hybridized carbons (Fsp3) is 0.185. The lowest BCUT2D eigenvalue weighted by molar-refractivity contribution is -0.385. The van der Waals surface area contributed by atoms with Gasteiger partial charge in [-0.25, -0.2) is 35.9 Å². The van der Waals surface area contributed by atoms with Crippen molar-refractivity contribution in [2.45, 2.75) is 18.0 Å². The molecule has 53 heavy (non-hydrogen) atoms. The Hall–Kier alpha value is -5.66. The Kier molecular flexibility index (Phi) is 13.2. The molecule has 0 saturated carbocycles. The average Bonchev–Trinajstić information content (AvgIpc) is 3.55. The van der Waals surface area contributed by atoms with Crippen LogP contribution in [0.3, 0.4) is 0 Å². The maximum absolute atomic E-state index is 12.7. The molecule has 19 nitrogen and oxygen atoms in total. The monoisotopic (exact) mass is 825 g/mol. The molecule has 0 bridgehead atoms. The summed E-state index contributed by atoms with van der Waals surface area (Å²) < 4.78 is 103. The van der Waals surface area contributed by atoms with E-state index in [2.05, 4.69) is 25.0 Å². The molecule has 2 heterocycles. The molecule has 284 valence electrons. The van der Waals surface area contributed by atoms with Gasteiger partial charge < -0.3 is 14.2 Å². The molecule has 0 spiro atoms. The normalized spacial score (nSPS) is 11.3. The second kappa shape index (κ2) is 16.8. The Labute approximate surface area is 305 Å². The number of alkyl halides is 3. The van der Waals surface area contributed by atoms with Crippen molar-refractivity contribution in [2.24, 2.45) is 0 Å². The topological polar surface area (TPSA) is 265 Å². The molecule has 0 aliphatic carbocycles. The van der Waals surface area contributed by atoms with Gasteiger partial charge in [-0.2, -0.15) is 28.1 Å². The summed E-state index contributed by atoms with van der Waals surface area (Å²) in [6.45, 7) is 1.54. The number of nitro benzene ring substituents is 1. The van der Waals surface area contributed by atoms with Crippen molar-refractivity contribution >= 4 is 72.5 Å². The van der Waals surface area contributed by atoms with Crippen LogP contribution in [0.4, 0.5) is 29.6 Å². The van der Waals surface area contributed by atoms with E-state index >= 15 is 0 Å². The quantitative estimate of drug-likeness (QED) is 0.114. The number of nitrogens with zero attached hydrogens (tertiary/aromatic N) is 4. The molecule has 4 rings (SSSR count). The van der Waals surface area contributed by atoms with Crippen LogP contribution in [0.1, 0.15) is 31.4 Å². The summed E-state index contributed by atoms with van der Waals surface area (Å²) in [6, 6.07) is 5.11. The van der Waals surface area contributed by atoms with Crippen LogP contribution in [0.5, 0.6) is 17.5 Å². The van der Waals surface area contributed by atoms with Crippen molar-refractivity contribution < 1.29 is 63.5 Å². The number of urea groups is 1. The van der Waals surface area contributed by atoms with Gasteiger partial charge in [-0.1, -0.05) is 11.6 Å². The highest BCUT2D eigenvalue weighted by Gasteiger charge is 2.31. The molecule has 0 aliphatic heterocycles. The number of thiophene rings is 1. The lowest BCUT2D eigenvalue weighted by atomic mass is 10.1. The Bertz CT molecular complexity index is 2290. The number of anilines is 1. The molecule has 0 saturated heterocycles. The number of hydrogen-bond acceptors (Lipinski definition) is 16. The minimum atomic E-state index is -4.62. The number of aromatic nitrogens is 3. The van der Waals surface area contributed by atoms with E-state index in [1.165, 1.54) is 25.5 Å². The third kappa shape index (κ3) is 11.7. The summed E-state index contributed by atoms with van der Waals surface area (Å²) in [5.74, 6) is -2.44. The first-order chi connectivity index (χ1) is 24.5. The fourth-order valence-electron chi connectivity index (χ4n) is 3.69. The molecule has 26 heteroatoms. The largest absolute Gasteiger partial charge is 0.467 e. The highest BCUT2D eigenvalue weighted by Crippen LogP contribution is 2.37. The lowest BCUT2D eigenvalue weighted by Gasteiger charge is -2.12. The molecule has 0 radical (unpaired) electrons. The molecule has 2 aromatic carbocycles. The molecular formula is C27H23ClF3N7O12S3. The van der Waals surface area contributed by atoms with Gasteiger partial charge in [0.1, 0.15) is 32.7 Å². The van der Waals surface area contributed by atoms with Crippen molar-refractivity contribution in [3.8, 4) is 17.5 Å². The van der Waals surface area contributed by atoms with Gasteiger partial charge in [0.05, 0.1) is 36.0 Å². The fourth-order valence-corrected chi connectivity index (χ4v) is 6.60. The minimum Gasteiger partial charge on any atom is -0.467 e. The summed E-state index contributed by atoms with van der Waals surface area (Å²) >= 11 is 6.64. The van der Waals surface area contributed by atoms with Gasteiger partial charge in [0, 0.05) is 12.1 Å². The zero-order valence-corrected chi connectivity index (χ0v) is 30.2. The number of hydrogen-bond donors (Lipinski definition) is 3. The van der Waals surface area contributed by atoms with Crippen molar-refractivity contribution in [3.63, 3.8) is 0 Å². The predicted molar refractivity (Wildman–Crippen MR) is 178 cm³/mol. The number of nitro groups is 1. The van der Waals surface area contributed by atoms with Crippen LogP contribution in [-0.2, 0) is 31.0 Å². The maximum Gasteiger partial charge on any atom is 0.416 e. The number of ether oxygens (including phenoxy) is 3. The van der Waals surface area contributed by atoms with Gasteiger partial charge in [0.2, 0.25) is 16.0 Å². The van der Waals surface area contributed by atoms with Crippen molar-refractivity contribution in [1.29, 1.82) is 0 Å². The third-order valence-corrected chi connectivity index (χ3v) is 9.07. The average molecular weight is 826 g/mol. The second-order valence-electron chi connectivity index (χ2n) is 9.74. The summed E-state index contributed by atoms with van der Waals surface area (Å²) in [6.07, 6.45) is -3.94. The number of esters is 1. The van der Waals surface area contributed by atoms with Gasteiger partial charge in [0.25, 0.3) is 21.6 Å². The highest BCUT2D eigenvalue weighted by atomic mass is 35.5. The van der Waals surface area contributed by atoms with Gasteiger partial charge in [-0.15, -0.1) is 11.3 Å². The van der Waals surface area contributed by atoms with Crippen molar-refractivity contribution in [2.75, 3.05) is 25.8 Å². The van der Waals surface area contributed by atoms with Gasteiger partial charge in [0.15, 0.2) is 0 Å². The highest BCUT2D eigenvalue weighted by molar-refractivity contribution is 7.90. The van der Waals surface area contributed by atoms with E-state index in [9.17, 15) is 54.5 Å². The number of rotatable bonds is 10. The standard InChI is InChI=1S/C15H10ClF3N2O6S.C12H13N5O6S2/c1-28(25,26)20-14(22)10-7-9(3-4-12(10)21(23)24)27-13-5-2-8(6-11(13)16)15(17,18)19;1-6-13-10(16-12(14-6)23-3)15-11(19)17-25(20,21)7-4-5-24-8(7)9(18)22-2/h2-7H,1H3,(H,20,22);4-5H,1-3H3,(H2,13,14,15,16,17,19). The molecular weight excluding hydrogens is 803 g/mol. The van der Waals surface area contributed by atoms with Crippen molar-refractivity contribution in [3.05, 3.63) is 84.8 Å². The Balaban J connectivity index is 0.000000287. The second-order valence-corrected chi connectivity index (χ2v) is 14.5. The van der Waals surface area contributed by atoms with Crippen LogP contribution in [0.25, 0.3) is 0 Å². The molecule has 4 aromatic rings. The molecule has 3 amide bonds. The van der Waals surface area contributed by atoms with Crippen LogP contribution in [0.2, 0.25) is 5.02 Å². The molecule has 0 fully saturated rings. The van der Waals surface area contributed by atoms with Crippen LogP contribution in [-0.4, -0.2) is 75.1 Å². The number of halogens is 4. The van der Waals surface area contributed by atoms with Crippen LogP contribution in [0, 0.1) is 17.0 Å². The number of carbonyl (C=O) groups is 3.